The van der Waals surface area contributed by atoms with Gasteiger partial charge < -0.3 is 4.57 Å². The molecule has 132 valence electrons. The first kappa shape index (κ1) is 18.2. The number of hydrogen-bond donors (Lipinski definition) is 1. The molecular weight excluding hydrogens is 368 g/mol. The van der Waals surface area contributed by atoms with Gasteiger partial charge in [0.1, 0.15) is 0 Å². The zero-order valence-electron chi connectivity index (χ0n) is 14.1. The fourth-order valence-electron chi connectivity index (χ4n) is 2.21. The molecule has 2 aromatic carbocycles. The third kappa shape index (κ3) is 4.97. The Morgan fingerprint density at radius 2 is 1.92 bits per heavy atom. The molecule has 1 N–H and O–H groups in total. The number of nitrogens with zero attached hydrogens (tertiary/aromatic N) is 3. The Morgan fingerprint density at radius 1 is 1.19 bits per heavy atom. The molecule has 1 aromatic heterocycles. The summed E-state index contributed by atoms with van der Waals surface area (Å²) in [7, 11) is 0. The summed E-state index contributed by atoms with van der Waals surface area (Å²) in [6, 6.07) is 15.3. The maximum absolute atomic E-state index is 12.0. The number of aromatic nitrogens is 2. The number of imidazole rings is 1. The van der Waals surface area contributed by atoms with Gasteiger partial charge in [0.15, 0.2) is 0 Å². The molecule has 0 atom stereocenters. The van der Waals surface area contributed by atoms with Crippen molar-refractivity contribution in [2.24, 2.45) is 5.10 Å². The lowest BCUT2D eigenvalue weighted by molar-refractivity contribution is -0.118. The summed E-state index contributed by atoms with van der Waals surface area (Å²) >= 11 is 7.28. The highest BCUT2D eigenvalue weighted by molar-refractivity contribution is 8.00. The molecule has 0 bridgehead atoms. The van der Waals surface area contributed by atoms with Crippen LogP contribution in [0.4, 0.5) is 0 Å². The predicted molar refractivity (Wildman–Crippen MR) is 106 cm³/mol. The number of carbonyl (C=O) groups is 1. The molecule has 1 amide bonds. The van der Waals surface area contributed by atoms with Crippen molar-refractivity contribution in [3.63, 3.8) is 0 Å². The molecule has 0 radical (unpaired) electrons. The topological polar surface area (TPSA) is 59.3 Å². The van der Waals surface area contributed by atoms with E-state index in [4.69, 9.17) is 11.6 Å². The van der Waals surface area contributed by atoms with Crippen LogP contribution in [0.15, 0.2) is 77.2 Å². The Labute approximate surface area is 161 Å². The van der Waals surface area contributed by atoms with Gasteiger partial charge in [-0.05, 0) is 48.9 Å². The molecule has 3 rings (SSSR count). The Morgan fingerprint density at radius 3 is 2.58 bits per heavy atom. The first-order chi connectivity index (χ1) is 12.6. The van der Waals surface area contributed by atoms with Gasteiger partial charge in [-0.2, -0.15) is 5.10 Å². The van der Waals surface area contributed by atoms with Gasteiger partial charge in [0.2, 0.25) is 5.91 Å². The fourth-order valence-corrected chi connectivity index (χ4v) is 3.03. The van der Waals surface area contributed by atoms with Gasteiger partial charge in [-0.15, -0.1) is 11.8 Å². The Kier molecular flexibility index (Phi) is 6.09. The monoisotopic (exact) mass is 384 g/mol. The summed E-state index contributed by atoms with van der Waals surface area (Å²) in [4.78, 5) is 17.0. The minimum absolute atomic E-state index is 0.153. The van der Waals surface area contributed by atoms with Gasteiger partial charge in [0.05, 0.1) is 17.8 Å². The van der Waals surface area contributed by atoms with Crippen LogP contribution >= 0.6 is 23.4 Å². The quantitative estimate of drug-likeness (QED) is 0.394. The van der Waals surface area contributed by atoms with E-state index in [0.29, 0.717) is 5.02 Å². The maximum Gasteiger partial charge on any atom is 0.250 e. The molecule has 0 aliphatic carbocycles. The standard InChI is InChI=1S/C19H17ClN4OS/c1-14(15-2-6-17(7-3-15)24-11-10-21-13-24)22-23-19(25)12-26-18-8-4-16(20)5-9-18/h2-11,13H,12H2,1H3,(H,23,25)/b22-14-. The second-order valence-electron chi connectivity index (χ2n) is 5.49. The van der Waals surface area contributed by atoms with E-state index in [9.17, 15) is 4.79 Å². The zero-order valence-corrected chi connectivity index (χ0v) is 15.7. The molecular formula is C19H17ClN4OS. The summed E-state index contributed by atoms with van der Waals surface area (Å²) in [5.74, 6) is 0.136. The predicted octanol–water partition coefficient (Wildman–Crippen LogP) is 4.16. The summed E-state index contributed by atoms with van der Waals surface area (Å²) < 4.78 is 1.92. The van der Waals surface area contributed by atoms with Gasteiger partial charge >= 0.3 is 0 Å². The van der Waals surface area contributed by atoms with Crippen LogP contribution in [0.25, 0.3) is 5.69 Å². The van der Waals surface area contributed by atoms with Crippen LogP contribution in [0, 0.1) is 0 Å². The van der Waals surface area contributed by atoms with E-state index in [1.165, 1.54) is 11.8 Å². The highest BCUT2D eigenvalue weighted by Crippen LogP contribution is 2.19. The molecule has 5 nitrogen and oxygen atoms in total. The Hall–Kier alpha value is -2.57. The number of halogens is 1. The molecule has 0 saturated carbocycles. The molecule has 0 saturated heterocycles. The number of rotatable bonds is 6. The van der Waals surface area contributed by atoms with Crippen molar-refractivity contribution in [1.82, 2.24) is 15.0 Å². The number of hydrazone groups is 1. The molecule has 7 heteroatoms. The summed E-state index contributed by atoms with van der Waals surface area (Å²) in [6.45, 7) is 1.86. The molecule has 0 aliphatic rings. The normalized spacial score (nSPS) is 11.4. The number of thioether (sulfide) groups is 1. The van der Waals surface area contributed by atoms with E-state index in [2.05, 4.69) is 15.5 Å². The number of benzene rings is 2. The van der Waals surface area contributed by atoms with Crippen LogP contribution in [0.2, 0.25) is 5.02 Å². The van der Waals surface area contributed by atoms with Crippen LogP contribution in [0.3, 0.4) is 0 Å². The molecule has 1 heterocycles. The summed E-state index contributed by atoms with van der Waals surface area (Å²) in [6.07, 6.45) is 5.36. The van der Waals surface area contributed by atoms with Crippen molar-refractivity contribution in [3.05, 3.63) is 77.8 Å². The smallest absolute Gasteiger partial charge is 0.250 e. The fraction of sp³-hybridized carbons (Fsp3) is 0.105. The van der Waals surface area contributed by atoms with E-state index >= 15 is 0 Å². The first-order valence-electron chi connectivity index (χ1n) is 7.92. The highest BCUT2D eigenvalue weighted by atomic mass is 35.5. The van der Waals surface area contributed by atoms with Gasteiger partial charge in [-0.25, -0.2) is 10.4 Å². The number of nitrogens with one attached hydrogen (secondary N) is 1. The molecule has 0 fully saturated rings. The van der Waals surface area contributed by atoms with Crippen molar-refractivity contribution in [1.29, 1.82) is 0 Å². The van der Waals surface area contributed by atoms with Crippen LogP contribution in [-0.2, 0) is 4.79 Å². The van der Waals surface area contributed by atoms with E-state index in [1.54, 1.807) is 24.7 Å². The molecule has 0 aliphatic heterocycles. The van der Waals surface area contributed by atoms with Crippen LogP contribution in [0.5, 0.6) is 0 Å². The second-order valence-corrected chi connectivity index (χ2v) is 6.98. The number of carbonyl (C=O) groups excluding carboxylic acids is 1. The lowest BCUT2D eigenvalue weighted by Crippen LogP contribution is -2.21. The van der Waals surface area contributed by atoms with Crippen molar-refractivity contribution in [2.45, 2.75) is 11.8 Å². The lowest BCUT2D eigenvalue weighted by atomic mass is 10.1. The van der Waals surface area contributed by atoms with Crippen LogP contribution in [-0.4, -0.2) is 26.9 Å². The Bertz CT molecular complexity index is 890. The summed E-state index contributed by atoms with van der Waals surface area (Å²) in [5.41, 5.74) is 5.29. The number of hydrogen-bond acceptors (Lipinski definition) is 4. The van der Waals surface area contributed by atoms with Gasteiger partial charge in [-0.3, -0.25) is 4.79 Å². The zero-order chi connectivity index (χ0) is 18.4. The Balaban J connectivity index is 1.54. The van der Waals surface area contributed by atoms with E-state index < -0.39 is 0 Å². The van der Waals surface area contributed by atoms with E-state index in [0.717, 1.165) is 21.9 Å². The minimum Gasteiger partial charge on any atom is -0.306 e. The van der Waals surface area contributed by atoms with Crippen LogP contribution < -0.4 is 5.43 Å². The maximum atomic E-state index is 12.0. The summed E-state index contributed by atoms with van der Waals surface area (Å²) in [5, 5.41) is 4.86. The average Bonchev–Trinajstić information content (AvgIpc) is 3.20. The third-order valence-electron chi connectivity index (χ3n) is 3.62. The third-order valence-corrected chi connectivity index (χ3v) is 4.88. The van der Waals surface area contributed by atoms with Gasteiger partial charge in [0.25, 0.3) is 0 Å². The van der Waals surface area contributed by atoms with Crippen molar-refractivity contribution >= 4 is 35.0 Å². The minimum atomic E-state index is -0.153. The molecule has 0 spiro atoms. The van der Waals surface area contributed by atoms with Crippen molar-refractivity contribution < 1.29 is 4.79 Å². The van der Waals surface area contributed by atoms with Crippen molar-refractivity contribution in [3.8, 4) is 5.69 Å². The largest absolute Gasteiger partial charge is 0.306 e. The average molecular weight is 385 g/mol. The SMILES string of the molecule is C/C(=N/NC(=O)CSc1ccc(Cl)cc1)c1ccc(-n2ccnc2)cc1. The molecule has 0 unspecified atom stereocenters. The molecule has 26 heavy (non-hydrogen) atoms. The van der Waals surface area contributed by atoms with Crippen molar-refractivity contribution in [2.75, 3.05) is 5.75 Å². The molecule has 3 aromatic rings. The number of amides is 1. The van der Waals surface area contributed by atoms with Crippen LogP contribution in [0.1, 0.15) is 12.5 Å². The second kappa shape index (κ2) is 8.69. The lowest BCUT2D eigenvalue weighted by Gasteiger charge is -2.05. The highest BCUT2D eigenvalue weighted by Gasteiger charge is 2.04. The van der Waals surface area contributed by atoms with Gasteiger partial charge in [-0.1, -0.05) is 23.7 Å². The first-order valence-corrected chi connectivity index (χ1v) is 9.28. The van der Waals surface area contributed by atoms with Gasteiger partial charge in [0, 0.05) is 28.0 Å². The van der Waals surface area contributed by atoms with E-state index in [1.807, 2.05) is 54.1 Å². The van der Waals surface area contributed by atoms with E-state index in [-0.39, 0.29) is 11.7 Å².